The van der Waals surface area contributed by atoms with Crippen LogP contribution in [0.5, 0.6) is 0 Å². The van der Waals surface area contributed by atoms with Crippen molar-refractivity contribution in [2.75, 3.05) is 24.7 Å². The van der Waals surface area contributed by atoms with Gasteiger partial charge in [0.25, 0.3) is 0 Å². The van der Waals surface area contributed by atoms with Crippen molar-refractivity contribution >= 4 is 34.7 Å². The fourth-order valence-electron chi connectivity index (χ4n) is 2.65. The Hall–Kier alpha value is -2.74. The van der Waals surface area contributed by atoms with Crippen LogP contribution in [-0.4, -0.2) is 19.1 Å². The minimum atomic E-state index is 0.183. The number of aromatic nitrogens is 1. The average Bonchev–Trinajstić information content (AvgIpc) is 2.63. The average molecular weight is 383 g/mol. The van der Waals surface area contributed by atoms with Gasteiger partial charge in [0.2, 0.25) is 0 Å². The Bertz CT molecular complexity index is 1010. The second-order valence-electron chi connectivity index (χ2n) is 6.00. The lowest BCUT2D eigenvalue weighted by Gasteiger charge is -2.14. The number of nitrogens with two attached hydrogens (primary N) is 1. The molecule has 6 heteroatoms. The molecule has 0 radical (unpaired) electrons. The van der Waals surface area contributed by atoms with Crippen molar-refractivity contribution in [3.8, 4) is 28.5 Å². The first-order valence-corrected chi connectivity index (χ1v) is 8.60. The third-order valence-corrected chi connectivity index (χ3v) is 4.81. The summed E-state index contributed by atoms with van der Waals surface area (Å²) in [6, 6.07) is 17.2. The van der Waals surface area contributed by atoms with Crippen LogP contribution in [-0.2, 0) is 0 Å². The van der Waals surface area contributed by atoms with Crippen LogP contribution in [0.2, 0.25) is 10.0 Å². The summed E-state index contributed by atoms with van der Waals surface area (Å²) in [4.78, 5) is 6.37. The van der Waals surface area contributed by atoms with Crippen LogP contribution in [0, 0.1) is 11.3 Å². The Labute approximate surface area is 162 Å². The highest BCUT2D eigenvalue weighted by Crippen LogP contribution is 2.34. The van der Waals surface area contributed by atoms with Gasteiger partial charge in [-0.3, -0.25) is 0 Å². The fraction of sp³-hybridized carbons (Fsp3) is 0.100. The largest absolute Gasteiger partial charge is 0.383 e. The van der Waals surface area contributed by atoms with Crippen molar-refractivity contribution in [3.63, 3.8) is 0 Å². The molecule has 2 N–H and O–H groups in total. The molecule has 0 spiro atoms. The van der Waals surface area contributed by atoms with Crippen molar-refractivity contribution in [1.82, 2.24) is 4.98 Å². The Morgan fingerprint density at radius 2 is 1.62 bits per heavy atom. The molecule has 0 aliphatic heterocycles. The number of halogens is 2. The predicted molar refractivity (Wildman–Crippen MR) is 109 cm³/mol. The van der Waals surface area contributed by atoms with Crippen LogP contribution >= 0.6 is 23.2 Å². The van der Waals surface area contributed by atoms with E-state index in [0.29, 0.717) is 21.3 Å². The summed E-state index contributed by atoms with van der Waals surface area (Å²) in [5, 5.41) is 10.4. The summed E-state index contributed by atoms with van der Waals surface area (Å²) in [6.07, 6.45) is 0. The molecule has 3 aromatic rings. The van der Waals surface area contributed by atoms with E-state index in [1.54, 1.807) is 12.1 Å². The van der Waals surface area contributed by atoms with Gasteiger partial charge in [-0.2, -0.15) is 5.26 Å². The van der Waals surface area contributed by atoms with Crippen molar-refractivity contribution in [2.24, 2.45) is 0 Å². The van der Waals surface area contributed by atoms with E-state index in [1.165, 1.54) is 0 Å². The lowest BCUT2D eigenvalue weighted by atomic mass is 9.98. The van der Waals surface area contributed by atoms with E-state index >= 15 is 0 Å². The number of rotatable bonds is 3. The van der Waals surface area contributed by atoms with Gasteiger partial charge < -0.3 is 10.6 Å². The fourth-order valence-corrected chi connectivity index (χ4v) is 2.95. The zero-order chi connectivity index (χ0) is 18.8. The van der Waals surface area contributed by atoms with Gasteiger partial charge >= 0.3 is 0 Å². The maximum absolute atomic E-state index is 9.53. The molecule has 0 unspecified atom stereocenters. The molecule has 0 aliphatic carbocycles. The van der Waals surface area contributed by atoms with Gasteiger partial charge in [-0.1, -0.05) is 41.4 Å². The zero-order valence-electron chi connectivity index (χ0n) is 14.3. The first-order chi connectivity index (χ1) is 12.4. The van der Waals surface area contributed by atoms with Crippen molar-refractivity contribution in [2.45, 2.75) is 0 Å². The number of hydrogen-bond acceptors (Lipinski definition) is 4. The topological polar surface area (TPSA) is 65.9 Å². The number of nitrogen functional groups attached to an aromatic ring is 1. The third-order valence-electron chi connectivity index (χ3n) is 4.07. The molecule has 1 heterocycles. The van der Waals surface area contributed by atoms with Gasteiger partial charge in [0.15, 0.2) is 0 Å². The third kappa shape index (κ3) is 3.45. The molecule has 3 rings (SSSR count). The Morgan fingerprint density at radius 3 is 2.19 bits per heavy atom. The van der Waals surface area contributed by atoms with E-state index in [4.69, 9.17) is 28.9 Å². The maximum Gasteiger partial charge on any atom is 0.142 e. The van der Waals surface area contributed by atoms with Gasteiger partial charge in [0.1, 0.15) is 17.5 Å². The highest BCUT2D eigenvalue weighted by atomic mass is 35.5. The SMILES string of the molecule is CN(C)c1ccc(-c2cc(-c3ccc(Cl)c(Cl)c3)nc(N)c2C#N)cc1. The molecule has 0 atom stereocenters. The molecule has 26 heavy (non-hydrogen) atoms. The van der Waals surface area contributed by atoms with Crippen molar-refractivity contribution in [1.29, 1.82) is 5.26 Å². The molecule has 0 bridgehead atoms. The number of anilines is 2. The van der Waals surface area contributed by atoms with Gasteiger partial charge in [0.05, 0.1) is 15.7 Å². The van der Waals surface area contributed by atoms with E-state index in [-0.39, 0.29) is 5.82 Å². The highest BCUT2D eigenvalue weighted by molar-refractivity contribution is 6.42. The van der Waals surface area contributed by atoms with Crippen LogP contribution in [0.1, 0.15) is 5.56 Å². The summed E-state index contributed by atoms with van der Waals surface area (Å²) in [7, 11) is 3.95. The van der Waals surface area contributed by atoms with Gasteiger partial charge in [-0.05, 0) is 35.9 Å². The molecule has 0 aliphatic rings. The van der Waals surface area contributed by atoms with Crippen LogP contribution in [0.3, 0.4) is 0 Å². The Kier molecular flexibility index (Phi) is 5.03. The lowest BCUT2D eigenvalue weighted by molar-refractivity contribution is 1.13. The second kappa shape index (κ2) is 7.25. The lowest BCUT2D eigenvalue weighted by Crippen LogP contribution is -2.08. The molecular weight excluding hydrogens is 367 g/mol. The molecule has 0 saturated carbocycles. The maximum atomic E-state index is 9.53. The summed E-state index contributed by atoms with van der Waals surface area (Å²) >= 11 is 12.1. The van der Waals surface area contributed by atoms with Gasteiger partial charge in [-0.25, -0.2) is 4.98 Å². The molecular formula is C20H16Cl2N4. The molecule has 0 amide bonds. The van der Waals surface area contributed by atoms with Crippen molar-refractivity contribution < 1.29 is 0 Å². The minimum absolute atomic E-state index is 0.183. The molecule has 130 valence electrons. The molecule has 0 saturated heterocycles. The van der Waals surface area contributed by atoms with Gasteiger partial charge in [-0.15, -0.1) is 0 Å². The van der Waals surface area contributed by atoms with Gasteiger partial charge in [0, 0.05) is 30.9 Å². The first kappa shape index (κ1) is 18.1. The highest BCUT2D eigenvalue weighted by Gasteiger charge is 2.14. The van der Waals surface area contributed by atoms with E-state index < -0.39 is 0 Å². The smallest absolute Gasteiger partial charge is 0.142 e. The normalized spacial score (nSPS) is 10.4. The van der Waals surface area contributed by atoms with Crippen LogP contribution in [0.25, 0.3) is 22.4 Å². The predicted octanol–water partition coefficient (Wildman–Crippen LogP) is 5.24. The van der Waals surface area contributed by atoms with Crippen LogP contribution < -0.4 is 10.6 Å². The Balaban J connectivity index is 2.16. The zero-order valence-corrected chi connectivity index (χ0v) is 15.8. The summed E-state index contributed by atoms with van der Waals surface area (Å²) < 4.78 is 0. The van der Waals surface area contributed by atoms with Crippen LogP contribution in [0.15, 0.2) is 48.5 Å². The van der Waals surface area contributed by atoms with Crippen molar-refractivity contribution in [3.05, 3.63) is 64.1 Å². The summed E-state index contributed by atoms with van der Waals surface area (Å²) in [6.45, 7) is 0. The molecule has 0 fully saturated rings. The first-order valence-electron chi connectivity index (χ1n) is 7.84. The quantitative estimate of drug-likeness (QED) is 0.672. The summed E-state index contributed by atoms with van der Waals surface area (Å²) in [5.74, 6) is 0.183. The number of pyridine rings is 1. The number of benzene rings is 2. The van der Waals surface area contributed by atoms with Crippen LogP contribution in [0.4, 0.5) is 11.5 Å². The second-order valence-corrected chi connectivity index (χ2v) is 6.81. The molecule has 4 nitrogen and oxygen atoms in total. The molecule has 2 aromatic carbocycles. The monoisotopic (exact) mass is 382 g/mol. The summed E-state index contributed by atoms with van der Waals surface area (Å²) in [5.41, 5.74) is 10.5. The van der Waals surface area contributed by atoms with E-state index in [2.05, 4.69) is 11.1 Å². The number of hydrogen-bond donors (Lipinski definition) is 1. The Morgan fingerprint density at radius 1 is 0.962 bits per heavy atom. The number of nitrogens with zero attached hydrogens (tertiary/aromatic N) is 3. The van der Waals surface area contributed by atoms with E-state index in [1.807, 2.05) is 55.4 Å². The van der Waals surface area contributed by atoms with E-state index in [9.17, 15) is 5.26 Å². The number of nitriles is 1. The standard InChI is InChI=1S/C20H16Cl2N4/c1-26(2)14-6-3-12(4-7-14)15-10-19(25-20(24)16(15)11-23)13-5-8-17(21)18(22)9-13/h3-10H,1-2H3,(H2,24,25). The molecule has 1 aromatic heterocycles. The minimum Gasteiger partial charge on any atom is -0.383 e. The van der Waals surface area contributed by atoms with E-state index in [0.717, 1.165) is 22.4 Å².